The molecular formula is C19H21NO7. The fourth-order valence-electron chi connectivity index (χ4n) is 2.73. The van der Waals surface area contributed by atoms with Gasteiger partial charge in [0.2, 0.25) is 6.79 Å². The zero-order valence-corrected chi connectivity index (χ0v) is 14.8. The van der Waals surface area contributed by atoms with Gasteiger partial charge in [0.1, 0.15) is 6.10 Å². The van der Waals surface area contributed by atoms with Crippen LogP contribution in [0, 0.1) is 0 Å². The van der Waals surface area contributed by atoms with Crippen molar-refractivity contribution in [1.29, 1.82) is 0 Å². The van der Waals surface area contributed by atoms with Crippen LogP contribution in [0.1, 0.15) is 24.5 Å². The number of phenolic OH excluding ortho intramolecular Hbond substituents is 1. The minimum Gasteiger partial charge on any atom is -0.504 e. The maximum Gasteiger partial charge on any atom is 0.412 e. The van der Waals surface area contributed by atoms with Gasteiger partial charge in [0.15, 0.2) is 23.0 Å². The maximum absolute atomic E-state index is 12.3. The average molecular weight is 375 g/mol. The predicted octanol–water partition coefficient (Wildman–Crippen LogP) is 3.19. The molecule has 0 fully saturated rings. The molecule has 1 atom stereocenters. The Kier molecular flexibility index (Phi) is 5.87. The smallest absolute Gasteiger partial charge is 0.412 e. The molecule has 0 saturated heterocycles. The molecule has 1 heterocycles. The molecule has 0 aromatic heterocycles. The molecule has 0 saturated carbocycles. The number of aromatic hydroxyl groups is 1. The van der Waals surface area contributed by atoms with Crippen LogP contribution in [0.25, 0.3) is 0 Å². The largest absolute Gasteiger partial charge is 0.504 e. The van der Waals surface area contributed by atoms with E-state index in [0.717, 1.165) is 0 Å². The Bertz CT molecular complexity index is 809. The molecule has 0 bridgehead atoms. The highest BCUT2D eigenvalue weighted by atomic mass is 16.7. The van der Waals surface area contributed by atoms with Gasteiger partial charge in [-0.05, 0) is 42.7 Å². The third kappa shape index (κ3) is 4.53. The second kappa shape index (κ2) is 8.50. The number of phenols is 1. The SMILES string of the molecule is COc1ccc([C@H](CCCO)OC(=O)Nc2ccc3c(c2)OCO3)cc1O. The standard InChI is InChI=1S/C19H21NO7/c1-24-16-6-4-12(9-14(16)22)15(3-2-8-21)27-19(23)20-13-5-7-17-18(10-13)26-11-25-17/h4-7,9-10,15,21-22H,2-3,8,11H2,1H3,(H,20,23)/t15-/m0/s1. The number of fused-ring (bicyclic) bond motifs is 1. The molecule has 0 spiro atoms. The van der Waals surface area contributed by atoms with E-state index in [4.69, 9.17) is 24.1 Å². The number of aliphatic hydroxyl groups excluding tert-OH is 1. The highest BCUT2D eigenvalue weighted by molar-refractivity contribution is 5.85. The molecule has 8 heteroatoms. The minimum absolute atomic E-state index is 0.0359. The molecule has 2 aromatic carbocycles. The van der Waals surface area contributed by atoms with Crippen LogP contribution in [-0.2, 0) is 4.74 Å². The summed E-state index contributed by atoms with van der Waals surface area (Å²) >= 11 is 0. The van der Waals surface area contributed by atoms with E-state index in [0.29, 0.717) is 41.3 Å². The van der Waals surface area contributed by atoms with Gasteiger partial charge < -0.3 is 29.2 Å². The van der Waals surface area contributed by atoms with Gasteiger partial charge in [-0.3, -0.25) is 5.32 Å². The van der Waals surface area contributed by atoms with E-state index in [2.05, 4.69) is 5.32 Å². The quantitative estimate of drug-likeness (QED) is 0.682. The number of hydrogen-bond donors (Lipinski definition) is 3. The van der Waals surface area contributed by atoms with E-state index in [-0.39, 0.29) is 19.1 Å². The first-order valence-electron chi connectivity index (χ1n) is 8.45. The average Bonchev–Trinajstić information content (AvgIpc) is 3.12. The van der Waals surface area contributed by atoms with E-state index in [9.17, 15) is 9.90 Å². The van der Waals surface area contributed by atoms with Crippen molar-refractivity contribution in [3.8, 4) is 23.0 Å². The molecule has 1 aliphatic heterocycles. The number of carbonyl (C=O) groups is 1. The van der Waals surface area contributed by atoms with Crippen LogP contribution in [-0.4, -0.2) is 36.8 Å². The van der Waals surface area contributed by atoms with E-state index in [1.807, 2.05) is 0 Å². The summed E-state index contributed by atoms with van der Waals surface area (Å²) in [6, 6.07) is 9.80. The van der Waals surface area contributed by atoms with Gasteiger partial charge in [-0.1, -0.05) is 6.07 Å². The first-order chi connectivity index (χ1) is 13.1. The number of hydrogen-bond acceptors (Lipinski definition) is 7. The Morgan fingerprint density at radius 2 is 2.04 bits per heavy atom. The summed E-state index contributed by atoms with van der Waals surface area (Å²) in [5.74, 6) is 1.43. The number of ether oxygens (including phenoxy) is 4. The number of carbonyl (C=O) groups excluding carboxylic acids is 1. The molecular weight excluding hydrogens is 354 g/mol. The van der Waals surface area contributed by atoms with Crippen LogP contribution in [0.4, 0.5) is 10.5 Å². The van der Waals surface area contributed by atoms with Crippen molar-refractivity contribution in [2.75, 3.05) is 25.8 Å². The van der Waals surface area contributed by atoms with E-state index >= 15 is 0 Å². The topological polar surface area (TPSA) is 106 Å². The lowest BCUT2D eigenvalue weighted by molar-refractivity contribution is 0.0993. The van der Waals surface area contributed by atoms with Crippen LogP contribution in [0.2, 0.25) is 0 Å². The van der Waals surface area contributed by atoms with Crippen LogP contribution >= 0.6 is 0 Å². The van der Waals surface area contributed by atoms with Crippen molar-refractivity contribution in [3.05, 3.63) is 42.0 Å². The normalized spacial score (nSPS) is 13.1. The molecule has 0 aliphatic carbocycles. The number of nitrogens with one attached hydrogen (secondary N) is 1. The van der Waals surface area contributed by atoms with Gasteiger partial charge in [-0.15, -0.1) is 0 Å². The number of rotatable bonds is 7. The summed E-state index contributed by atoms with van der Waals surface area (Å²) in [6.07, 6.45) is -0.457. The monoisotopic (exact) mass is 375 g/mol. The summed E-state index contributed by atoms with van der Waals surface area (Å²) in [4.78, 5) is 12.3. The molecule has 8 nitrogen and oxygen atoms in total. The lowest BCUT2D eigenvalue weighted by Crippen LogP contribution is -2.18. The highest BCUT2D eigenvalue weighted by Crippen LogP contribution is 2.35. The molecule has 3 rings (SSSR count). The number of aliphatic hydroxyl groups is 1. The van der Waals surface area contributed by atoms with Crippen molar-refractivity contribution in [3.63, 3.8) is 0 Å². The number of anilines is 1. The van der Waals surface area contributed by atoms with Crippen molar-refractivity contribution in [2.45, 2.75) is 18.9 Å². The summed E-state index contributed by atoms with van der Waals surface area (Å²) < 4.78 is 21.0. The molecule has 3 N–H and O–H groups in total. The second-order valence-corrected chi connectivity index (χ2v) is 5.88. The summed E-state index contributed by atoms with van der Waals surface area (Å²) in [6.45, 7) is 0.110. The van der Waals surface area contributed by atoms with Crippen LogP contribution < -0.4 is 19.5 Å². The van der Waals surface area contributed by atoms with Crippen molar-refractivity contribution < 1.29 is 34.0 Å². The van der Waals surface area contributed by atoms with Gasteiger partial charge >= 0.3 is 6.09 Å². The highest BCUT2D eigenvalue weighted by Gasteiger charge is 2.20. The molecule has 144 valence electrons. The van der Waals surface area contributed by atoms with Crippen molar-refractivity contribution >= 4 is 11.8 Å². The van der Waals surface area contributed by atoms with Gasteiger partial charge in [0.05, 0.1) is 7.11 Å². The van der Waals surface area contributed by atoms with Gasteiger partial charge in [-0.25, -0.2) is 4.79 Å². The third-order valence-corrected chi connectivity index (χ3v) is 4.07. The molecule has 0 unspecified atom stereocenters. The zero-order valence-electron chi connectivity index (χ0n) is 14.8. The molecule has 0 radical (unpaired) electrons. The lowest BCUT2D eigenvalue weighted by Gasteiger charge is -2.19. The first kappa shape index (κ1) is 18.7. The van der Waals surface area contributed by atoms with Gasteiger partial charge in [0.25, 0.3) is 0 Å². The Morgan fingerprint density at radius 3 is 2.78 bits per heavy atom. The first-order valence-corrected chi connectivity index (χ1v) is 8.45. The van der Waals surface area contributed by atoms with Crippen molar-refractivity contribution in [2.24, 2.45) is 0 Å². The van der Waals surface area contributed by atoms with E-state index < -0.39 is 12.2 Å². The third-order valence-electron chi connectivity index (χ3n) is 4.07. The Hall–Kier alpha value is -3.13. The van der Waals surface area contributed by atoms with Crippen LogP contribution in [0.15, 0.2) is 36.4 Å². The fourth-order valence-corrected chi connectivity index (χ4v) is 2.73. The predicted molar refractivity (Wildman–Crippen MR) is 96.4 cm³/mol. The maximum atomic E-state index is 12.3. The van der Waals surface area contributed by atoms with Crippen LogP contribution in [0.5, 0.6) is 23.0 Å². The number of benzene rings is 2. The molecule has 1 amide bonds. The summed E-state index contributed by atoms with van der Waals surface area (Å²) in [5, 5.41) is 21.7. The van der Waals surface area contributed by atoms with E-state index in [1.165, 1.54) is 13.2 Å². The fraction of sp³-hybridized carbons (Fsp3) is 0.316. The Balaban J connectivity index is 1.70. The summed E-state index contributed by atoms with van der Waals surface area (Å²) in [7, 11) is 1.45. The number of methoxy groups -OCH3 is 1. The van der Waals surface area contributed by atoms with E-state index in [1.54, 1.807) is 30.3 Å². The lowest BCUT2D eigenvalue weighted by atomic mass is 10.0. The molecule has 1 aliphatic rings. The Labute approximate surface area is 156 Å². The number of amides is 1. The van der Waals surface area contributed by atoms with Gasteiger partial charge in [-0.2, -0.15) is 0 Å². The minimum atomic E-state index is -0.660. The summed E-state index contributed by atoms with van der Waals surface area (Å²) in [5.41, 5.74) is 1.10. The van der Waals surface area contributed by atoms with Crippen molar-refractivity contribution in [1.82, 2.24) is 0 Å². The van der Waals surface area contributed by atoms with Crippen LogP contribution in [0.3, 0.4) is 0 Å². The Morgan fingerprint density at radius 1 is 1.22 bits per heavy atom. The zero-order chi connectivity index (χ0) is 19.2. The second-order valence-electron chi connectivity index (χ2n) is 5.88. The molecule has 2 aromatic rings. The molecule has 27 heavy (non-hydrogen) atoms. The van der Waals surface area contributed by atoms with Gasteiger partial charge in [0, 0.05) is 18.4 Å².